The van der Waals surface area contributed by atoms with E-state index in [4.69, 9.17) is 9.97 Å². The first-order valence-corrected chi connectivity index (χ1v) is 13.8. The van der Waals surface area contributed by atoms with E-state index in [-0.39, 0.29) is 18.1 Å². The highest BCUT2D eigenvalue weighted by molar-refractivity contribution is 5.77. The van der Waals surface area contributed by atoms with Crippen LogP contribution in [0.1, 0.15) is 68.7 Å². The van der Waals surface area contributed by atoms with E-state index >= 15 is 0 Å². The third kappa shape index (κ3) is 6.01. The van der Waals surface area contributed by atoms with Crippen molar-refractivity contribution in [3.05, 3.63) is 65.9 Å². The van der Waals surface area contributed by atoms with Crippen LogP contribution in [0.15, 0.2) is 49.1 Å². The second-order valence-electron chi connectivity index (χ2n) is 10.3. The lowest BCUT2D eigenvalue weighted by Gasteiger charge is -2.39. The van der Waals surface area contributed by atoms with Crippen LogP contribution < -0.4 is 10.2 Å². The Labute approximate surface area is 220 Å². The van der Waals surface area contributed by atoms with Gasteiger partial charge in [-0.3, -0.25) is 14.3 Å². The van der Waals surface area contributed by atoms with Crippen LogP contribution in [0.25, 0.3) is 5.95 Å². The predicted molar refractivity (Wildman–Crippen MR) is 146 cm³/mol. The van der Waals surface area contributed by atoms with Crippen molar-refractivity contribution in [1.29, 1.82) is 0 Å². The first-order chi connectivity index (χ1) is 18.1. The van der Waals surface area contributed by atoms with Crippen molar-refractivity contribution in [3.8, 4) is 5.95 Å². The number of carbonyl (C=O) groups is 1. The predicted octanol–water partition coefficient (Wildman–Crippen LogP) is 4.41. The number of imidazole rings is 1. The molecule has 2 aliphatic heterocycles. The van der Waals surface area contributed by atoms with E-state index in [1.807, 2.05) is 10.8 Å². The number of aryl methyl sites for hydroxylation is 1. The van der Waals surface area contributed by atoms with Crippen LogP contribution in [-0.4, -0.2) is 55.6 Å². The fraction of sp³-hybridized carbons (Fsp3) is 0.517. The van der Waals surface area contributed by atoms with Gasteiger partial charge in [-0.05, 0) is 57.4 Å². The molecule has 2 atom stereocenters. The second-order valence-corrected chi connectivity index (χ2v) is 10.3. The molecule has 4 heterocycles. The molecule has 0 saturated carbocycles. The molecule has 8 heteroatoms. The quantitative estimate of drug-likeness (QED) is 0.493. The lowest BCUT2D eigenvalue weighted by molar-refractivity contribution is -0.124. The third-order valence-electron chi connectivity index (χ3n) is 7.76. The largest absolute Gasteiger partial charge is 0.353 e. The smallest absolute Gasteiger partial charge is 0.237 e. The number of nitrogens with zero attached hydrogens (tertiary/aromatic N) is 6. The lowest BCUT2D eigenvalue weighted by atomic mass is 9.97. The normalized spacial score (nSPS) is 20.6. The van der Waals surface area contributed by atoms with Gasteiger partial charge in [0.05, 0.1) is 6.17 Å². The van der Waals surface area contributed by atoms with E-state index in [9.17, 15) is 4.79 Å². The minimum Gasteiger partial charge on any atom is -0.353 e. The Bertz CT molecular complexity index is 1160. The molecule has 2 unspecified atom stereocenters. The molecule has 196 valence electrons. The zero-order valence-corrected chi connectivity index (χ0v) is 22.1. The summed E-state index contributed by atoms with van der Waals surface area (Å²) in [5.74, 6) is 1.75. The Morgan fingerprint density at radius 3 is 2.65 bits per heavy atom. The van der Waals surface area contributed by atoms with Gasteiger partial charge < -0.3 is 10.2 Å². The van der Waals surface area contributed by atoms with Gasteiger partial charge in [-0.2, -0.15) is 4.98 Å². The summed E-state index contributed by atoms with van der Waals surface area (Å²) in [5, 5.41) is 3.40. The van der Waals surface area contributed by atoms with Gasteiger partial charge in [0, 0.05) is 55.7 Å². The molecule has 0 aliphatic carbocycles. The average Bonchev–Trinajstić information content (AvgIpc) is 3.46. The van der Waals surface area contributed by atoms with Crippen molar-refractivity contribution in [1.82, 2.24) is 29.7 Å². The number of amides is 1. The molecule has 1 N–H and O–H groups in total. The van der Waals surface area contributed by atoms with E-state index in [2.05, 4.69) is 64.3 Å². The molecule has 5 rings (SSSR count). The Hall–Kier alpha value is -3.26. The number of anilines is 1. The fourth-order valence-electron chi connectivity index (χ4n) is 5.82. The number of hydrogen-bond acceptors (Lipinski definition) is 6. The maximum absolute atomic E-state index is 13.4. The number of hydrogen-bond donors (Lipinski definition) is 1. The molecule has 1 amide bonds. The Kier molecular flexibility index (Phi) is 8.14. The molecule has 2 aromatic heterocycles. The summed E-state index contributed by atoms with van der Waals surface area (Å²) >= 11 is 0. The number of piperidine rings is 2. The molecule has 37 heavy (non-hydrogen) atoms. The van der Waals surface area contributed by atoms with E-state index in [0.29, 0.717) is 12.4 Å². The van der Waals surface area contributed by atoms with Gasteiger partial charge in [0.1, 0.15) is 12.1 Å². The Morgan fingerprint density at radius 2 is 1.86 bits per heavy atom. The van der Waals surface area contributed by atoms with Crippen LogP contribution in [0, 0.1) is 6.92 Å². The molecule has 0 bridgehead atoms. The molecule has 2 aliphatic rings. The highest BCUT2D eigenvalue weighted by Gasteiger charge is 2.30. The van der Waals surface area contributed by atoms with Crippen LogP contribution >= 0.6 is 0 Å². The first kappa shape index (κ1) is 25.4. The first-order valence-electron chi connectivity index (χ1n) is 13.8. The zero-order valence-electron chi connectivity index (χ0n) is 22.1. The van der Waals surface area contributed by atoms with Crippen LogP contribution in [0.4, 0.5) is 5.82 Å². The van der Waals surface area contributed by atoms with Gasteiger partial charge in [-0.15, -0.1) is 0 Å². The highest BCUT2D eigenvalue weighted by Crippen LogP contribution is 2.30. The average molecular weight is 502 g/mol. The molecular weight excluding hydrogens is 462 g/mol. The fourth-order valence-corrected chi connectivity index (χ4v) is 5.82. The third-order valence-corrected chi connectivity index (χ3v) is 7.76. The number of likely N-dealkylation sites (tertiary alicyclic amines) is 1. The molecule has 0 spiro atoms. The zero-order chi connectivity index (χ0) is 25.6. The summed E-state index contributed by atoms with van der Waals surface area (Å²) in [5.41, 5.74) is 3.45. The molecule has 2 saturated heterocycles. The van der Waals surface area contributed by atoms with Gasteiger partial charge in [0.15, 0.2) is 0 Å². The van der Waals surface area contributed by atoms with Gasteiger partial charge >= 0.3 is 0 Å². The minimum absolute atomic E-state index is 0.0961. The molecule has 3 aromatic rings. The summed E-state index contributed by atoms with van der Waals surface area (Å²) < 4.78 is 1.85. The van der Waals surface area contributed by atoms with Crippen molar-refractivity contribution in [2.75, 3.05) is 18.0 Å². The Morgan fingerprint density at radius 1 is 1.05 bits per heavy atom. The molecule has 2 fully saturated rings. The number of benzene rings is 1. The molecule has 1 aromatic carbocycles. The van der Waals surface area contributed by atoms with E-state index in [1.54, 1.807) is 12.5 Å². The van der Waals surface area contributed by atoms with Gasteiger partial charge in [0.2, 0.25) is 11.9 Å². The number of rotatable bonds is 8. The van der Waals surface area contributed by atoms with Crippen molar-refractivity contribution in [2.45, 2.75) is 84.0 Å². The SMILES string of the molecule is CCc1c(C)nc(-n2ccnc2)nc1N1CCCCC1CC(=O)NC1CCCCN1Cc1ccccc1. The van der Waals surface area contributed by atoms with E-state index in [1.165, 1.54) is 12.0 Å². The summed E-state index contributed by atoms with van der Waals surface area (Å²) in [7, 11) is 0. The number of nitrogens with one attached hydrogen (secondary N) is 1. The van der Waals surface area contributed by atoms with Crippen molar-refractivity contribution < 1.29 is 4.79 Å². The van der Waals surface area contributed by atoms with Crippen LogP contribution in [0.2, 0.25) is 0 Å². The summed E-state index contributed by atoms with van der Waals surface area (Å²) in [6, 6.07) is 10.7. The summed E-state index contributed by atoms with van der Waals surface area (Å²) in [6.45, 7) is 7.02. The minimum atomic E-state index is 0.0961. The molecule has 0 radical (unpaired) electrons. The number of aromatic nitrogens is 4. The second kappa shape index (κ2) is 11.9. The Balaban J connectivity index is 1.31. The van der Waals surface area contributed by atoms with Gasteiger partial charge in [-0.25, -0.2) is 9.97 Å². The van der Waals surface area contributed by atoms with E-state index in [0.717, 1.165) is 75.2 Å². The highest BCUT2D eigenvalue weighted by atomic mass is 16.1. The maximum atomic E-state index is 13.4. The van der Waals surface area contributed by atoms with Crippen LogP contribution in [0.3, 0.4) is 0 Å². The summed E-state index contributed by atoms with van der Waals surface area (Å²) in [6.07, 6.45) is 13.4. The molecular formula is C29H39N7O. The van der Waals surface area contributed by atoms with E-state index < -0.39 is 0 Å². The van der Waals surface area contributed by atoms with Crippen LogP contribution in [-0.2, 0) is 17.8 Å². The number of carbonyl (C=O) groups excluding carboxylic acids is 1. The van der Waals surface area contributed by atoms with Gasteiger partial charge in [-0.1, -0.05) is 37.3 Å². The van der Waals surface area contributed by atoms with Crippen molar-refractivity contribution >= 4 is 11.7 Å². The monoisotopic (exact) mass is 501 g/mol. The summed E-state index contributed by atoms with van der Waals surface area (Å²) in [4.78, 5) is 32.1. The lowest BCUT2D eigenvalue weighted by Crippen LogP contribution is -2.52. The van der Waals surface area contributed by atoms with Crippen molar-refractivity contribution in [3.63, 3.8) is 0 Å². The van der Waals surface area contributed by atoms with Gasteiger partial charge in [0.25, 0.3) is 0 Å². The maximum Gasteiger partial charge on any atom is 0.237 e. The van der Waals surface area contributed by atoms with Crippen molar-refractivity contribution in [2.24, 2.45) is 0 Å². The van der Waals surface area contributed by atoms with Crippen LogP contribution in [0.5, 0.6) is 0 Å². The topological polar surface area (TPSA) is 79.2 Å². The molecule has 8 nitrogen and oxygen atoms in total. The standard InChI is InChI=1S/C29H39N7O/c1-3-25-22(2)31-29(35-18-15-30-21-35)33-28(25)36-17-10-7-13-24(36)19-27(37)32-26-14-8-9-16-34(26)20-23-11-5-4-6-12-23/h4-6,11-12,15,18,21,24,26H,3,7-10,13-14,16-17,19-20H2,1-2H3,(H,32,37).